The van der Waals surface area contributed by atoms with E-state index in [4.69, 9.17) is 0 Å². The highest BCUT2D eigenvalue weighted by atomic mass is 16.3. The highest BCUT2D eigenvalue weighted by Crippen LogP contribution is 2.58. The van der Waals surface area contributed by atoms with E-state index in [1.807, 2.05) is 6.92 Å². The number of aliphatic hydroxyl groups is 1. The molecule has 2 unspecified atom stereocenters. The molecule has 1 N–H and O–H groups in total. The maximum Gasteiger partial charge on any atom is 0.0572 e. The van der Waals surface area contributed by atoms with Crippen molar-refractivity contribution >= 4 is 0 Å². The van der Waals surface area contributed by atoms with Crippen LogP contribution in [0.25, 0.3) is 0 Å². The van der Waals surface area contributed by atoms with Crippen LogP contribution in [0.2, 0.25) is 0 Å². The first kappa shape index (κ1) is 10.6. The lowest BCUT2D eigenvalue weighted by molar-refractivity contribution is 0.156. The van der Waals surface area contributed by atoms with Crippen LogP contribution >= 0.6 is 0 Å². The number of hydrogen-bond acceptors (Lipinski definition) is 1. The highest BCUT2D eigenvalue weighted by Gasteiger charge is 2.49. The van der Waals surface area contributed by atoms with Gasteiger partial charge in [-0.15, -0.1) is 0 Å². The van der Waals surface area contributed by atoms with E-state index in [0.717, 1.165) is 23.7 Å². The fraction of sp³-hybridized carbons (Fsp3) is 0.733. The first-order valence-corrected chi connectivity index (χ1v) is 6.72. The minimum absolute atomic E-state index is 0.207. The molecule has 6 atom stereocenters. The molecule has 3 aliphatic rings. The van der Waals surface area contributed by atoms with Gasteiger partial charge in [-0.3, -0.25) is 0 Å². The predicted octanol–water partition coefficient (Wildman–Crippen LogP) is 3.16. The second-order valence-corrected chi connectivity index (χ2v) is 6.05. The Morgan fingerprint density at radius 2 is 2.25 bits per heavy atom. The maximum atomic E-state index is 9.58. The Bertz CT molecular complexity index is 339. The number of aliphatic hydroxyl groups excluding tert-OH is 1. The summed E-state index contributed by atoms with van der Waals surface area (Å²) in [6.45, 7) is 4.03. The Balaban J connectivity index is 1.79. The third-order valence-electron chi connectivity index (χ3n) is 5.10. The van der Waals surface area contributed by atoms with Crippen LogP contribution in [0.5, 0.6) is 0 Å². The molecule has 0 aromatic rings. The highest BCUT2D eigenvalue weighted by molar-refractivity contribution is 5.27. The van der Waals surface area contributed by atoms with Crippen molar-refractivity contribution in [3.8, 4) is 0 Å². The van der Waals surface area contributed by atoms with Crippen molar-refractivity contribution < 1.29 is 5.11 Å². The van der Waals surface area contributed by atoms with Crippen molar-refractivity contribution in [2.75, 3.05) is 0 Å². The van der Waals surface area contributed by atoms with Crippen LogP contribution in [-0.2, 0) is 0 Å². The van der Waals surface area contributed by atoms with Gasteiger partial charge in [0.25, 0.3) is 0 Å². The summed E-state index contributed by atoms with van der Waals surface area (Å²) in [4.78, 5) is 0. The maximum absolute atomic E-state index is 9.58. The molecule has 0 radical (unpaired) electrons. The van der Waals surface area contributed by atoms with Crippen LogP contribution in [0.15, 0.2) is 23.8 Å². The summed E-state index contributed by atoms with van der Waals surface area (Å²) in [6, 6.07) is 0. The molecule has 0 aromatic carbocycles. The molecule has 1 heteroatoms. The molecule has 0 spiro atoms. The summed E-state index contributed by atoms with van der Waals surface area (Å²) in [5, 5.41) is 9.58. The molecule has 3 rings (SSSR count). The minimum Gasteiger partial charge on any atom is -0.393 e. The average Bonchev–Trinajstić information content (AvgIpc) is 2.87. The molecular formula is C15H22O. The molecule has 0 heterocycles. The van der Waals surface area contributed by atoms with E-state index in [0.29, 0.717) is 5.92 Å². The number of allylic oxidation sites excluding steroid dienone is 3. The standard InChI is InChI=1S/C15H22O/c1-9(10(2)16)6-11-7-12-8-15(11)14-5-3-4-13(12)14/h3,5-6,9-10,12-16H,4,7-8H2,1-2H3/t9?,10?,12-,13+,14+,15-/m0/s1. The summed E-state index contributed by atoms with van der Waals surface area (Å²) >= 11 is 0. The summed E-state index contributed by atoms with van der Waals surface area (Å²) in [5.41, 5.74) is 1.64. The van der Waals surface area contributed by atoms with E-state index in [1.165, 1.54) is 19.3 Å². The van der Waals surface area contributed by atoms with Crippen LogP contribution in [-0.4, -0.2) is 11.2 Å². The van der Waals surface area contributed by atoms with E-state index >= 15 is 0 Å². The molecule has 0 amide bonds. The number of hydrogen-bond donors (Lipinski definition) is 1. The molecule has 88 valence electrons. The number of rotatable bonds is 2. The van der Waals surface area contributed by atoms with Gasteiger partial charge in [-0.05, 0) is 55.8 Å². The van der Waals surface area contributed by atoms with E-state index in [9.17, 15) is 5.11 Å². The molecule has 2 fully saturated rings. The first-order chi connectivity index (χ1) is 7.66. The van der Waals surface area contributed by atoms with Crippen molar-refractivity contribution in [3.63, 3.8) is 0 Å². The fourth-order valence-corrected chi connectivity index (χ4v) is 4.05. The SMILES string of the molecule is CC(O)C(C)C=C1C[C@H]2C[C@@H]1[C@@H]1C=CC[C@H]21. The van der Waals surface area contributed by atoms with Gasteiger partial charge in [0.05, 0.1) is 6.10 Å². The Kier molecular flexibility index (Phi) is 2.47. The monoisotopic (exact) mass is 218 g/mol. The summed E-state index contributed by atoms with van der Waals surface area (Å²) < 4.78 is 0. The van der Waals surface area contributed by atoms with Crippen molar-refractivity contribution in [2.24, 2.45) is 29.6 Å². The zero-order valence-corrected chi connectivity index (χ0v) is 10.3. The fourth-order valence-electron chi connectivity index (χ4n) is 4.05. The van der Waals surface area contributed by atoms with Gasteiger partial charge < -0.3 is 5.11 Å². The van der Waals surface area contributed by atoms with Crippen LogP contribution < -0.4 is 0 Å². The first-order valence-electron chi connectivity index (χ1n) is 6.72. The van der Waals surface area contributed by atoms with Crippen LogP contribution in [0.4, 0.5) is 0 Å². The van der Waals surface area contributed by atoms with E-state index < -0.39 is 0 Å². The van der Waals surface area contributed by atoms with Crippen LogP contribution in [0, 0.1) is 29.6 Å². The van der Waals surface area contributed by atoms with E-state index in [1.54, 1.807) is 5.57 Å². The summed E-state index contributed by atoms with van der Waals surface area (Å²) in [5.74, 6) is 3.88. The molecule has 16 heavy (non-hydrogen) atoms. The lowest BCUT2D eigenvalue weighted by Crippen LogP contribution is -2.20. The molecule has 3 aliphatic carbocycles. The van der Waals surface area contributed by atoms with Gasteiger partial charge in [0.2, 0.25) is 0 Å². The average molecular weight is 218 g/mol. The third-order valence-corrected chi connectivity index (χ3v) is 5.10. The zero-order chi connectivity index (χ0) is 11.3. The van der Waals surface area contributed by atoms with E-state index in [-0.39, 0.29) is 6.10 Å². The van der Waals surface area contributed by atoms with Gasteiger partial charge in [-0.2, -0.15) is 0 Å². The minimum atomic E-state index is -0.207. The van der Waals surface area contributed by atoms with Gasteiger partial charge in [0.15, 0.2) is 0 Å². The van der Waals surface area contributed by atoms with Crippen LogP contribution in [0.3, 0.4) is 0 Å². The Morgan fingerprint density at radius 1 is 1.44 bits per heavy atom. The normalized spacial score (nSPS) is 46.3. The summed E-state index contributed by atoms with van der Waals surface area (Å²) in [7, 11) is 0. The van der Waals surface area contributed by atoms with E-state index in [2.05, 4.69) is 25.2 Å². The molecule has 0 saturated heterocycles. The molecule has 2 saturated carbocycles. The van der Waals surface area contributed by atoms with Crippen molar-refractivity contribution in [1.82, 2.24) is 0 Å². The Hall–Kier alpha value is -0.560. The van der Waals surface area contributed by atoms with Gasteiger partial charge in [-0.25, -0.2) is 0 Å². The molecular weight excluding hydrogens is 196 g/mol. The lowest BCUT2D eigenvalue weighted by Gasteiger charge is -2.27. The van der Waals surface area contributed by atoms with Crippen LogP contribution in [0.1, 0.15) is 33.1 Å². The smallest absolute Gasteiger partial charge is 0.0572 e. The Morgan fingerprint density at radius 3 is 3.00 bits per heavy atom. The zero-order valence-electron chi connectivity index (χ0n) is 10.3. The second kappa shape index (κ2) is 3.73. The van der Waals surface area contributed by atoms with Crippen molar-refractivity contribution in [3.05, 3.63) is 23.8 Å². The Labute approximate surface area is 98.2 Å². The lowest BCUT2D eigenvalue weighted by atomic mass is 9.78. The van der Waals surface area contributed by atoms with Gasteiger partial charge in [-0.1, -0.05) is 30.7 Å². The largest absolute Gasteiger partial charge is 0.393 e. The van der Waals surface area contributed by atoms with Crippen molar-refractivity contribution in [1.29, 1.82) is 0 Å². The summed E-state index contributed by atoms with van der Waals surface area (Å²) in [6.07, 6.45) is 11.0. The van der Waals surface area contributed by atoms with Crippen molar-refractivity contribution in [2.45, 2.75) is 39.2 Å². The third kappa shape index (κ3) is 1.48. The van der Waals surface area contributed by atoms with Gasteiger partial charge >= 0.3 is 0 Å². The predicted molar refractivity (Wildman–Crippen MR) is 65.9 cm³/mol. The second-order valence-electron chi connectivity index (χ2n) is 6.05. The molecule has 0 aromatic heterocycles. The molecule has 1 nitrogen and oxygen atoms in total. The topological polar surface area (TPSA) is 20.2 Å². The van der Waals surface area contributed by atoms with Gasteiger partial charge in [0.1, 0.15) is 0 Å². The van der Waals surface area contributed by atoms with Gasteiger partial charge in [0, 0.05) is 0 Å². The number of fused-ring (bicyclic) bond motifs is 5. The molecule has 2 bridgehead atoms. The molecule has 0 aliphatic heterocycles. The quantitative estimate of drug-likeness (QED) is 0.706.